The Labute approximate surface area is 476 Å². The predicted octanol–water partition coefficient (Wildman–Crippen LogP) is 19.9. The van der Waals surface area contributed by atoms with Crippen molar-refractivity contribution >= 4 is 13.7 Å². The summed E-state index contributed by atoms with van der Waals surface area (Å²) >= 11 is 0. The standard InChI is InChI=1S/C68H121N2O6P/c1-6-8-10-12-14-16-18-20-22-24-26-28-30-32-33-34-35-36-37-38-40-42-44-46-48-50-52-54-56-58-60-62-68(72)69-66(65-76-77(73,74)75-64-63-70(3,4)5)67(71)61-59-57-55-53-51-49-47-45-43-41-39-31-29-27-25-23-21-19-17-15-13-11-9-7-2/h8,10,14,16,20,22,26,28,32-33,35-36,38,40,44,46,59,61,66-67,71H,6-7,9,11-13,15,17-19,21,23-25,27,29-31,34,37,39,41-43,45,47-58,60,62-65H2,1-5H3,(H-,69,72,73,74)/p+1/b10-8-,16-14-,22-20-,28-26-,33-32-,36-35-,40-38-,46-44-,61-59+. The highest BCUT2D eigenvalue weighted by Gasteiger charge is 2.27. The summed E-state index contributed by atoms with van der Waals surface area (Å²) in [5.41, 5.74) is 0. The number of nitrogens with zero attached hydrogens (tertiary/aromatic N) is 1. The zero-order valence-corrected chi connectivity index (χ0v) is 51.6. The number of unbranched alkanes of at least 4 members (excludes halogenated alkanes) is 28. The number of carbonyl (C=O) groups excluding carboxylic acids is 1. The summed E-state index contributed by atoms with van der Waals surface area (Å²) in [5, 5.41) is 14.0. The SMILES string of the molecule is CC/C=C\C/C=C\C/C=C\C/C=C\C/C=C\C/C=C\C/C=C\C/C=C\CCCCCCCCC(=O)NC(COP(=O)(O)OCC[N+](C)(C)C)C(O)/C=C/CCCCCCCCCCCCCCCCCCCCCCCC. The van der Waals surface area contributed by atoms with Gasteiger partial charge in [-0.15, -0.1) is 0 Å². The van der Waals surface area contributed by atoms with Crippen molar-refractivity contribution in [1.29, 1.82) is 0 Å². The number of hydrogen-bond donors (Lipinski definition) is 3. The molecule has 0 rings (SSSR count). The van der Waals surface area contributed by atoms with Gasteiger partial charge in [0.25, 0.3) is 0 Å². The number of phosphoric ester groups is 1. The lowest BCUT2D eigenvalue weighted by molar-refractivity contribution is -0.870. The molecule has 0 aromatic heterocycles. The number of phosphoric acid groups is 1. The van der Waals surface area contributed by atoms with Gasteiger partial charge in [-0.25, -0.2) is 4.57 Å². The Morgan fingerprint density at radius 3 is 1.14 bits per heavy atom. The molecule has 0 aliphatic rings. The Morgan fingerprint density at radius 2 is 0.779 bits per heavy atom. The third-order valence-electron chi connectivity index (χ3n) is 13.7. The number of rotatable bonds is 57. The lowest BCUT2D eigenvalue weighted by Gasteiger charge is -2.25. The lowest BCUT2D eigenvalue weighted by atomic mass is 10.0. The minimum absolute atomic E-state index is 0.0530. The highest BCUT2D eigenvalue weighted by molar-refractivity contribution is 7.47. The summed E-state index contributed by atoms with van der Waals surface area (Å²) in [5.74, 6) is -0.194. The van der Waals surface area contributed by atoms with Crippen LogP contribution in [0.1, 0.15) is 264 Å². The van der Waals surface area contributed by atoms with Gasteiger partial charge in [-0.05, 0) is 83.5 Å². The fourth-order valence-corrected chi connectivity index (χ4v) is 9.56. The van der Waals surface area contributed by atoms with E-state index in [1.165, 1.54) is 141 Å². The number of aliphatic hydroxyl groups is 1. The number of hydrogen-bond acceptors (Lipinski definition) is 5. The molecule has 0 radical (unpaired) electrons. The van der Waals surface area contributed by atoms with E-state index in [0.717, 1.165) is 103 Å². The summed E-state index contributed by atoms with van der Waals surface area (Å²) in [6.07, 6.45) is 84.8. The predicted molar refractivity (Wildman–Crippen MR) is 336 cm³/mol. The molecule has 9 heteroatoms. The van der Waals surface area contributed by atoms with E-state index in [9.17, 15) is 19.4 Å². The Hall–Kier alpha value is -2.84. The van der Waals surface area contributed by atoms with Crippen LogP contribution in [0.2, 0.25) is 0 Å². The molecule has 0 aliphatic heterocycles. The first-order valence-corrected chi connectivity index (χ1v) is 33.3. The minimum atomic E-state index is -4.36. The molecule has 0 spiro atoms. The van der Waals surface area contributed by atoms with Gasteiger partial charge < -0.3 is 19.8 Å². The van der Waals surface area contributed by atoms with Gasteiger partial charge >= 0.3 is 7.82 Å². The van der Waals surface area contributed by atoms with Crippen LogP contribution < -0.4 is 5.32 Å². The van der Waals surface area contributed by atoms with Gasteiger partial charge in [-0.2, -0.15) is 0 Å². The fraction of sp³-hybridized carbons (Fsp3) is 0.721. The Kier molecular flexibility index (Phi) is 55.7. The van der Waals surface area contributed by atoms with Crippen molar-refractivity contribution in [2.75, 3.05) is 40.9 Å². The van der Waals surface area contributed by atoms with Crippen LogP contribution in [-0.4, -0.2) is 73.4 Å². The average molecular weight is 1090 g/mol. The number of nitrogens with one attached hydrogen (secondary N) is 1. The monoisotopic (exact) mass is 1090 g/mol. The summed E-state index contributed by atoms with van der Waals surface area (Å²) in [7, 11) is 1.55. The van der Waals surface area contributed by atoms with Gasteiger partial charge in [0.05, 0.1) is 39.9 Å². The van der Waals surface area contributed by atoms with Crippen molar-refractivity contribution in [1.82, 2.24) is 5.32 Å². The molecule has 0 fully saturated rings. The van der Waals surface area contributed by atoms with E-state index in [0.29, 0.717) is 17.4 Å². The van der Waals surface area contributed by atoms with Crippen molar-refractivity contribution in [3.05, 3.63) is 109 Å². The summed E-state index contributed by atoms with van der Waals surface area (Å²) in [4.78, 5) is 23.4. The van der Waals surface area contributed by atoms with Gasteiger partial charge in [0.1, 0.15) is 13.2 Å². The van der Waals surface area contributed by atoms with E-state index in [-0.39, 0.29) is 19.1 Å². The van der Waals surface area contributed by atoms with Crippen molar-refractivity contribution in [2.24, 2.45) is 0 Å². The summed E-state index contributed by atoms with van der Waals surface area (Å²) in [6.45, 7) is 4.70. The lowest BCUT2D eigenvalue weighted by Crippen LogP contribution is -2.45. The van der Waals surface area contributed by atoms with Gasteiger partial charge in [0.15, 0.2) is 0 Å². The highest BCUT2D eigenvalue weighted by Crippen LogP contribution is 2.43. The van der Waals surface area contributed by atoms with Gasteiger partial charge in [0.2, 0.25) is 5.91 Å². The molecule has 0 aromatic rings. The van der Waals surface area contributed by atoms with Gasteiger partial charge in [0, 0.05) is 6.42 Å². The first-order valence-electron chi connectivity index (χ1n) is 31.8. The molecule has 0 heterocycles. The zero-order valence-electron chi connectivity index (χ0n) is 50.7. The average Bonchev–Trinajstić information content (AvgIpc) is 3.39. The van der Waals surface area contributed by atoms with Crippen LogP contribution in [0.5, 0.6) is 0 Å². The summed E-state index contributed by atoms with van der Waals surface area (Å²) < 4.78 is 23.8. The molecule has 77 heavy (non-hydrogen) atoms. The molecular formula is C68H122N2O6P+. The molecule has 0 saturated heterocycles. The number of amides is 1. The summed E-state index contributed by atoms with van der Waals surface area (Å²) in [6, 6.07) is -0.864. The van der Waals surface area contributed by atoms with Crippen LogP contribution in [0, 0.1) is 0 Å². The smallest absolute Gasteiger partial charge is 0.387 e. The fourth-order valence-electron chi connectivity index (χ4n) is 8.82. The molecule has 0 aliphatic carbocycles. The molecular weight excluding hydrogens is 972 g/mol. The van der Waals surface area contributed by atoms with Crippen LogP contribution in [0.25, 0.3) is 0 Å². The number of allylic oxidation sites excluding steroid dienone is 17. The molecule has 3 N–H and O–H groups in total. The maximum Gasteiger partial charge on any atom is 0.472 e. The maximum atomic E-state index is 13.0. The molecule has 0 saturated carbocycles. The Bertz CT molecular complexity index is 1620. The van der Waals surface area contributed by atoms with E-state index in [1.54, 1.807) is 6.08 Å². The zero-order chi connectivity index (χ0) is 56.3. The third kappa shape index (κ3) is 60.6. The van der Waals surface area contributed by atoms with Crippen LogP contribution in [0.4, 0.5) is 0 Å². The second-order valence-corrected chi connectivity index (χ2v) is 23.9. The van der Waals surface area contributed by atoms with E-state index in [2.05, 4.69) is 116 Å². The second kappa shape index (κ2) is 57.8. The molecule has 444 valence electrons. The molecule has 3 unspecified atom stereocenters. The van der Waals surface area contributed by atoms with Crippen molar-refractivity contribution in [3.63, 3.8) is 0 Å². The van der Waals surface area contributed by atoms with Crippen molar-refractivity contribution < 1.29 is 32.9 Å². The molecule has 0 aromatic carbocycles. The highest BCUT2D eigenvalue weighted by atomic mass is 31.2. The normalized spacial score (nSPS) is 14.5. The quantitative estimate of drug-likeness (QED) is 0.0243. The second-order valence-electron chi connectivity index (χ2n) is 22.4. The van der Waals surface area contributed by atoms with Crippen molar-refractivity contribution in [3.8, 4) is 0 Å². The molecule has 1 amide bonds. The topological polar surface area (TPSA) is 105 Å². The molecule has 0 bridgehead atoms. The van der Waals surface area contributed by atoms with E-state index in [4.69, 9.17) is 9.05 Å². The van der Waals surface area contributed by atoms with Crippen molar-refractivity contribution in [2.45, 2.75) is 276 Å². The van der Waals surface area contributed by atoms with Gasteiger partial charge in [-0.3, -0.25) is 13.8 Å². The van der Waals surface area contributed by atoms with E-state index >= 15 is 0 Å². The number of quaternary nitrogens is 1. The largest absolute Gasteiger partial charge is 0.472 e. The van der Waals surface area contributed by atoms with E-state index < -0.39 is 20.0 Å². The third-order valence-corrected chi connectivity index (χ3v) is 14.7. The van der Waals surface area contributed by atoms with Crippen LogP contribution >= 0.6 is 7.82 Å². The number of aliphatic hydroxyl groups excluding tert-OH is 1. The Morgan fingerprint density at radius 1 is 0.455 bits per heavy atom. The van der Waals surface area contributed by atoms with Crippen LogP contribution in [0.3, 0.4) is 0 Å². The molecule has 3 atom stereocenters. The maximum absolute atomic E-state index is 13.0. The minimum Gasteiger partial charge on any atom is -0.387 e. The first-order chi connectivity index (χ1) is 37.5. The van der Waals surface area contributed by atoms with Crippen LogP contribution in [0.15, 0.2) is 109 Å². The number of likely N-dealkylation sites (N-methyl/N-ethyl adjacent to an activating group) is 1. The van der Waals surface area contributed by atoms with Crippen LogP contribution in [-0.2, 0) is 18.4 Å². The van der Waals surface area contributed by atoms with E-state index in [1.807, 2.05) is 27.2 Å². The number of carbonyl (C=O) groups is 1. The van der Waals surface area contributed by atoms with Gasteiger partial charge in [-0.1, -0.05) is 284 Å². The molecule has 8 nitrogen and oxygen atoms in total. The Balaban J connectivity index is 4.24. The first kappa shape index (κ1) is 74.2.